The van der Waals surface area contributed by atoms with Crippen LogP contribution < -0.4 is 14.5 Å². The molecule has 0 radical (unpaired) electrons. The molecular formula is C76H64N4O. The standard InChI is InChI=1S/C76H64N4O/c1-74(2,3)49-51-44-64(52-22-9-7-10-23-52)73(65(45-51)53-24-11-8-12-25-53)79-50-78(69-34-19-20-35-70(69)79)57-26-21-27-58(47-57)81-59-40-41-63-62-30-15-18-33-68(62)80(71(63)48-59)72-46-56(42-43-77-72)76(55-38-36-54(37-39-55)75(4,5)6)66-31-16-13-28-60(66)61-29-14-17-32-67(61)76/h7-48H,49-50H2,1-6H3/i49D2. The number of para-hydroxylation sites is 3. The Morgan fingerprint density at radius 3 is 1.72 bits per heavy atom. The lowest BCUT2D eigenvalue weighted by molar-refractivity contribution is 0.411. The van der Waals surface area contributed by atoms with Gasteiger partial charge in [0.15, 0.2) is 0 Å². The highest BCUT2D eigenvalue weighted by Crippen LogP contribution is 2.57. The molecule has 0 amide bonds. The molecule has 0 saturated heterocycles. The van der Waals surface area contributed by atoms with E-state index in [-0.39, 0.29) is 5.41 Å². The maximum absolute atomic E-state index is 9.55. The molecule has 1 aliphatic heterocycles. The maximum Gasteiger partial charge on any atom is 0.137 e. The van der Waals surface area contributed by atoms with Crippen LogP contribution >= 0.6 is 0 Å². The van der Waals surface area contributed by atoms with Crippen LogP contribution in [0.5, 0.6) is 11.5 Å². The summed E-state index contributed by atoms with van der Waals surface area (Å²) in [5, 5.41) is 2.25. The lowest BCUT2D eigenvalue weighted by Gasteiger charge is -2.34. The smallest absolute Gasteiger partial charge is 0.137 e. The summed E-state index contributed by atoms with van der Waals surface area (Å²) in [4.78, 5) is 9.96. The molecule has 0 fully saturated rings. The summed E-state index contributed by atoms with van der Waals surface area (Å²) in [7, 11) is 0. The highest BCUT2D eigenvalue weighted by molar-refractivity contribution is 6.09. The number of anilines is 4. The number of pyridine rings is 1. The number of hydrogen-bond donors (Lipinski definition) is 0. The molecule has 5 nitrogen and oxygen atoms in total. The molecule has 0 spiro atoms. The molecular weight excluding hydrogens is 985 g/mol. The fourth-order valence-corrected chi connectivity index (χ4v) is 12.9. The lowest BCUT2D eigenvalue weighted by atomic mass is 9.67. The number of fused-ring (bicyclic) bond motifs is 7. The monoisotopic (exact) mass is 1050 g/mol. The predicted molar refractivity (Wildman–Crippen MR) is 337 cm³/mol. The normalized spacial score (nSPS) is 14.1. The number of benzene rings is 10. The number of hydrogen-bond acceptors (Lipinski definition) is 4. The van der Waals surface area contributed by atoms with Gasteiger partial charge in [-0.05, 0) is 140 Å². The first kappa shape index (κ1) is 47.5. The van der Waals surface area contributed by atoms with Gasteiger partial charge in [-0.1, -0.05) is 211 Å². The molecule has 2 aliphatic rings. The summed E-state index contributed by atoms with van der Waals surface area (Å²) in [5.41, 5.74) is 18.2. The van der Waals surface area contributed by atoms with Gasteiger partial charge in [0, 0.05) is 48.7 Å². The van der Waals surface area contributed by atoms with E-state index < -0.39 is 17.2 Å². The van der Waals surface area contributed by atoms with Crippen molar-refractivity contribution in [3.63, 3.8) is 0 Å². The van der Waals surface area contributed by atoms with Crippen LogP contribution in [0, 0.1) is 5.41 Å². The molecule has 12 aromatic rings. The van der Waals surface area contributed by atoms with E-state index in [9.17, 15) is 2.74 Å². The largest absolute Gasteiger partial charge is 0.457 e. The van der Waals surface area contributed by atoms with Gasteiger partial charge in [-0.2, -0.15) is 0 Å². The average molecular weight is 1050 g/mol. The van der Waals surface area contributed by atoms with E-state index >= 15 is 0 Å². The summed E-state index contributed by atoms with van der Waals surface area (Å²) < 4.78 is 28.4. The van der Waals surface area contributed by atoms with Crippen LogP contribution in [-0.2, 0) is 17.2 Å². The second kappa shape index (κ2) is 19.4. The summed E-state index contributed by atoms with van der Waals surface area (Å²) >= 11 is 0. The minimum absolute atomic E-state index is 0.00922. The first-order valence-corrected chi connectivity index (χ1v) is 28.2. The van der Waals surface area contributed by atoms with Crippen molar-refractivity contribution >= 4 is 44.6 Å². The third kappa shape index (κ3) is 8.58. The molecule has 81 heavy (non-hydrogen) atoms. The van der Waals surface area contributed by atoms with Gasteiger partial charge in [-0.15, -0.1) is 0 Å². The van der Waals surface area contributed by atoms with E-state index in [0.717, 1.165) is 78.2 Å². The summed E-state index contributed by atoms with van der Waals surface area (Å²) in [6, 6.07) is 88.6. The van der Waals surface area contributed by atoms with Crippen molar-refractivity contribution in [1.29, 1.82) is 0 Å². The molecule has 0 unspecified atom stereocenters. The number of rotatable bonds is 10. The number of aromatic nitrogens is 2. The van der Waals surface area contributed by atoms with Crippen LogP contribution in [0.15, 0.2) is 255 Å². The van der Waals surface area contributed by atoms with Gasteiger partial charge in [0.1, 0.15) is 24.0 Å². The molecule has 0 N–H and O–H groups in total. The second-order valence-corrected chi connectivity index (χ2v) is 23.7. The van der Waals surface area contributed by atoms with Crippen LogP contribution in [0.2, 0.25) is 0 Å². The van der Waals surface area contributed by atoms with Crippen molar-refractivity contribution < 1.29 is 7.48 Å². The first-order valence-electron chi connectivity index (χ1n) is 29.2. The fraction of sp³-hybridized carbons (Fsp3) is 0.145. The molecule has 2 aromatic heterocycles. The van der Waals surface area contributed by atoms with Crippen molar-refractivity contribution in [2.45, 2.75) is 58.7 Å². The van der Waals surface area contributed by atoms with Crippen molar-refractivity contribution in [2.75, 3.05) is 16.5 Å². The SMILES string of the molecule is [2H]C([2H])(c1cc(-c2ccccc2)c(N2CN(c3cccc(Oc4ccc5c6ccccc6n(-c6cc(C7(c8ccc(C(C)(C)C)cc8)c8ccccc8-c8ccccc87)ccn6)c5c4)c3)c3ccccc32)c(-c2ccccc2)c1)C(C)(C)C. The zero-order chi connectivity index (χ0) is 56.8. The number of ether oxygens (including phenoxy) is 1. The van der Waals surface area contributed by atoms with E-state index in [4.69, 9.17) is 9.72 Å². The second-order valence-electron chi connectivity index (χ2n) is 23.7. The highest BCUT2D eigenvalue weighted by atomic mass is 16.5. The van der Waals surface area contributed by atoms with Gasteiger partial charge < -0.3 is 14.5 Å². The van der Waals surface area contributed by atoms with E-state index in [2.05, 4.69) is 266 Å². The Kier molecular flexibility index (Phi) is 11.4. The Hall–Kier alpha value is -9.45. The molecule has 394 valence electrons. The molecule has 10 aromatic carbocycles. The van der Waals surface area contributed by atoms with Crippen LogP contribution in [0.4, 0.5) is 22.7 Å². The molecule has 3 heterocycles. The van der Waals surface area contributed by atoms with Crippen molar-refractivity contribution in [3.8, 4) is 50.7 Å². The highest BCUT2D eigenvalue weighted by Gasteiger charge is 2.46. The molecule has 0 bridgehead atoms. The van der Waals surface area contributed by atoms with Gasteiger partial charge >= 0.3 is 0 Å². The average Bonchev–Trinajstić information content (AvgIpc) is 2.82. The van der Waals surface area contributed by atoms with Gasteiger partial charge in [-0.25, -0.2) is 4.98 Å². The molecule has 0 atom stereocenters. The Bertz CT molecular complexity index is 4350. The third-order valence-electron chi connectivity index (χ3n) is 16.4. The van der Waals surface area contributed by atoms with Gasteiger partial charge in [0.2, 0.25) is 0 Å². The Balaban J connectivity index is 0.859. The molecule has 14 rings (SSSR count). The summed E-state index contributed by atoms with van der Waals surface area (Å²) in [6.07, 6.45) is 0.354. The predicted octanol–water partition coefficient (Wildman–Crippen LogP) is 19.8. The summed E-state index contributed by atoms with van der Waals surface area (Å²) in [5.74, 6) is 2.25. The minimum atomic E-state index is -1.63. The van der Waals surface area contributed by atoms with Gasteiger partial charge in [0.25, 0.3) is 0 Å². The third-order valence-corrected chi connectivity index (χ3v) is 16.4. The Labute approximate surface area is 478 Å². The van der Waals surface area contributed by atoms with E-state index in [1.807, 2.05) is 45.2 Å². The quantitative estimate of drug-likeness (QED) is 0.137. The van der Waals surface area contributed by atoms with Crippen molar-refractivity contribution in [2.24, 2.45) is 5.41 Å². The molecule has 0 saturated carbocycles. The van der Waals surface area contributed by atoms with Gasteiger partial charge in [-0.3, -0.25) is 4.57 Å². The van der Waals surface area contributed by atoms with Crippen molar-refractivity contribution in [3.05, 3.63) is 288 Å². The van der Waals surface area contributed by atoms with E-state index in [0.29, 0.717) is 23.7 Å². The fourth-order valence-electron chi connectivity index (χ4n) is 12.9. The van der Waals surface area contributed by atoms with E-state index in [1.165, 1.54) is 33.4 Å². The maximum atomic E-state index is 9.55. The van der Waals surface area contributed by atoms with Gasteiger partial charge in [0.05, 0.1) is 33.5 Å². The zero-order valence-corrected chi connectivity index (χ0v) is 46.7. The van der Waals surface area contributed by atoms with Crippen LogP contribution in [0.25, 0.3) is 61.0 Å². The Morgan fingerprint density at radius 2 is 1.06 bits per heavy atom. The van der Waals surface area contributed by atoms with E-state index in [1.54, 1.807) is 0 Å². The van der Waals surface area contributed by atoms with Crippen LogP contribution in [0.1, 0.15) is 77.7 Å². The van der Waals surface area contributed by atoms with Crippen LogP contribution in [0.3, 0.4) is 0 Å². The topological polar surface area (TPSA) is 33.5 Å². The number of nitrogens with zero attached hydrogens (tertiary/aromatic N) is 4. The molecule has 1 aliphatic carbocycles. The summed E-state index contributed by atoms with van der Waals surface area (Å²) in [6.45, 7) is 13.3. The lowest BCUT2D eigenvalue weighted by Crippen LogP contribution is -2.29. The minimum Gasteiger partial charge on any atom is -0.457 e. The van der Waals surface area contributed by atoms with Crippen LogP contribution in [-0.4, -0.2) is 16.2 Å². The first-order chi connectivity index (χ1) is 40.2. The Morgan fingerprint density at radius 1 is 0.481 bits per heavy atom. The zero-order valence-electron chi connectivity index (χ0n) is 48.7. The van der Waals surface area contributed by atoms with Crippen molar-refractivity contribution in [1.82, 2.24) is 9.55 Å². The molecule has 5 heteroatoms.